The molecule has 0 radical (unpaired) electrons. The highest BCUT2D eigenvalue weighted by Gasteiger charge is 2.50. The number of amides is 2. The van der Waals surface area contributed by atoms with Crippen molar-refractivity contribution in [3.63, 3.8) is 0 Å². The number of carbonyl (C=O) groups is 2. The topological polar surface area (TPSA) is 116 Å². The standard InChI is InChI=1S/C24H36N2O4Si.C16H18N2O3.C8H19BrOSi/c1-23(2,3)31(7,8)29-15-14-28-22-21(26-13-9-10-20(26)27)18-16-17(25-6)11-12-19(18)30-24(22,4)5;1-16(2)15(20)14(18-8-4-5-13(18)19)11-9-10(17-3)6-7-12(11)21-16;1-8(2,3)11(4,5)10-7-6-9/h11-12,16,21-22H,9-10,13-15H2,1-5,7-8H3;6-7,9,14-15,20H,4-5,8H2,1-2H3;6-7H2,1-5H3/t21-,22+;14-,15+;/m11./s1. The number of likely N-dealkylation sites (tertiary alicyclic amines) is 2. The summed E-state index contributed by atoms with van der Waals surface area (Å²) in [6, 6.07) is 9.90. The van der Waals surface area contributed by atoms with E-state index in [4.69, 9.17) is 36.2 Å². The number of hydrogen-bond donors (Lipinski definition) is 1. The normalized spacial score (nSPS) is 22.8. The Balaban J connectivity index is 0.000000234. The number of halogens is 1. The lowest BCUT2D eigenvalue weighted by molar-refractivity contribution is -0.149. The first kappa shape index (κ1) is 52.3. The molecule has 4 aliphatic heterocycles. The predicted molar refractivity (Wildman–Crippen MR) is 258 cm³/mol. The number of aliphatic hydroxyl groups excluding tert-OH is 1. The van der Waals surface area contributed by atoms with Gasteiger partial charge in [0.25, 0.3) is 0 Å². The van der Waals surface area contributed by atoms with Gasteiger partial charge in [0.2, 0.25) is 11.8 Å². The van der Waals surface area contributed by atoms with E-state index in [0.717, 1.165) is 41.7 Å². The van der Waals surface area contributed by atoms with Crippen molar-refractivity contribution in [2.45, 2.75) is 167 Å². The van der Waals surface area contributed by atoms with Crippen LogP contribution in [0.2, 0.25) is 36.3 Å². The monoisotopic (exact) mass is 968 g/mol. The van der Waals surface area contributed by atoms with Gasteiger partial charge in [-0.2, -0.15) is 0 Å². The Morgan fingerprint density at radius 1 is 0.730 bits per heavy atom. The van der Waals surface area contributed by atoms with E-state index in [1.807, 2.05) is 44.7 Å². The lowest BCUT2D eigenvalue weighted by atomic mass is 9.85. The largest absolute Gasteiger partial charge is 0.485 e. The molecule has 6 rings (SSSR count). The Labute approximate surface area is 388 Å². The van der Waals surface area contributed by atoms with Gasteiger partial charge in [-0.05, 0) is 101 Å². The van der Waals surface area contributed by atoms with Crippen molar-refractivity contribution < 1.29 is 37.8 Å². The van der Waals surface area contributed by atoms with Crippen LogP contribution in [-0.4, -0.2) is 105 Å². The Kier molecular flexibility index (Phi) is 17.0. The number of fused-ring (bicyclic) bond motifs is 2. The van der Waals surface area contributed by atoms with Crippen LogP contribution < -0.4 is 9.47 Å². The summed E-state index contributed by atoms with van der Waals surface area (Å²) in [5.74, 6) is 1.55. The van der Waals surface area contributed by atoms with E-state index in [9.17, 15) is 14.7 Å². The van der Waals surface area contributed by atoms with Crippen molar-refractivity contribution in [3.05, 3.63) is 70.4 Å². The summed E-state index contributed by atoms with van der Waals surface area (Å²) in [5, 5.41) is 12.1. The van der Waals surface area contributed by atoms with E-state index < -0.39 is 40.0 Å². The first-order valence-corrected chi connectivity index (χ1v) is 29.2. The van der Waals surface area contributed by atoms with E-state index in [-0.39, 0.29) is 29.0 Å². The fourth-order valence-electron chi connectivity index (χ4n) is 7.72. The van der Waals surface area contributed by atoms with Crippen LogP contribution in [0, 0.1) is 13.1 Å². The van der Waals surface area contributed by atoms with Gasteiger partial charge in [0.05, 0.1) is 38.4 Å². The van der Waals surface area contributed by atoms with E-state index in [0.29, 0.717) is 61.3 Å². The third-order valence-corrected chi connectivity index (χ3v) is 22.9. The summed E-state index contributed by atoms with van der Waals surface area (Å²) in [5.41, 5.74) is 1.21. The average Bonchev–Trinajstić information content (AvgIpc) is 3.82. The van der Waals surface area contributed by atoms with Crippen molar-refractivity contribution in [1.29, 1.82) is 0 Å². The van der Waals surface area contributed by atoms with E-state index in [1.165, 1.54) is 0 Å². The van der Waals surface area contributed by atoms with Crippen LogP contribution in [0.3, 0.4) is 0 Å². The summed E-state index contributed by atoms with van der Waals surface area (Å²) in [7, 11) is -3.32. The molecule has 12 nitrogen and oxygen atoms in total. The number of carbonyl (C=O) groups excluding carboxylic acids is 2. The zero-order valence-corrected chi connectivity index (χ0v) is 43.9. The minimum absolute atomic E-state index is 0.0518. The summed E-state index contributed by atoms with van der Waals surface area (Å²) in [6.07, 6.45) is 1.54. The molecular formula is C48H73BrN4O8Si2. The molecule has 0 aliphatic carbocycles. The molecule has 15 heteroatoms. The summed E-state index contributed by atoms with van der Waals surface area (Å²) in [4.78, 5) is 35.5. The van der Waals surface area contributed by atoms with Crippen molar-refractivity contribution >= 4 is 55.8 Å². The molecule has 0 bridgehead atoms. The quantitative estimate of drug-likeness (QED) is 0.108. The highest BCUT2D eigenvalue weighted by molar-refractivity contribution is 9.09. The maximum Gasteiger partial charge on any atom is 0.223 e. The Bertz CT molecular complexity index is 2020. The third kappa shape index (κ3) is 12.3. The van der Waals surface area contributed by atoms with Crippen LogP contribution in [0.25, 0.3) is 9.69 Å². The van der Waals surface area contributed by atoms with Crippen LogP contribution in [0.5, 0.6) is 11.5 Å². The first-order valence-electron chi connectivity index (χ1n) is 22.3. The van der Waals surface area contributed by atoms with Crippen molar-refractivity contribution in [1.82, 2.24) is 9.80 Å². The van der Waals surface area contributed by atoms with Gasteiger partial charge in [0, 0.05) is 49.0 Å². The number of hydrogen-bond acceptors (Lipinski definition) is 8. The minimum atomic E-state index is -1.86. The van der Waals surface area contributed by atoms with Gasteiger partial charge in [-0.3, -0.25) is 9.59 Å². The van der Waals surface area contributed by atoms with Gasteiger partial charge in [-0.15, -0.1) is 0 Å². The lowest BCUT2D eigenvalue weighted by Crippen LogP contribution is -2.55. The Hall–Kier alpha value is -3.29. The number of nitrogens with zero attached hydrogens (tertiary/aromatic N) is 4. The zero-order chi connectivity index (χ0) is 47.3. The van der Waals surface area contributed by atoms with Crippen molar-refractivity contribution in [2.75, 3.05) is 38.2 Å². The Morgan fingerprint density at radius 3 is 1.57 bits per heavy atom. The first-order chi connectivity index (χ1) is 29.1. The molecule has 0 unspecified atom stereocenters. The molecule has 2 fully saturated rings. The van der Waals surface area contributed by atoms with Gasteiger partial charge >= 0.3 is 0 Å². The van der Waals surface area contributed by atoms with Crippen LogP contribution in [-0.2, 0) is 23.2 Å². The number of benzene rings is 2. The number of rotatable bonds is 10. The second-order valence-electron chi connectivity index (χ2n) is 21.0. The molecular weight excluding hydrogens is 897 g/mol. The molecule has 348 valence electrons. The molecule has 2 saturated heterocycles. The molecule has 0 saturated carbocycles. The molecule has 4 atom stereocenters. The molecule has 2 aromatic rings. The van der Waals surface area contributed by atoms with Gasteiger partial charge in [-0.25, -0.2) is 9.69 Å². The second-order valence-corrected chi connectivity index (χ2v) is 31.4. The van der Waals surface area contributed by atoms with Crippen LogP contribution in [0.4, 0.5) is 11.4 Å². The smallest absolute Gasteiger partial charge is 0.223 e. The fourth-order valence-corrected chi connectivity index (χ4v) is 10.3. The lowest BCUT2D eigenvalue weighted by Gasteiger charge is -2.47. The summed E-state index contributed by atoms with van der Waals surface area (Å²) < 4.78 is 30.7. The molecule has 4 heterocycles. The number of ether oxygens (including phenoxy) is 3. The van der Waals surface area contributed by atoms with E-state index >= 15 is 0 Å². The van der Waals surface area contributed by atoms with Gasteiger partial charge < -0.3 is 38.0 Å². The number of aliphatic hydroxyl groups is 1. The molecule has 2 aromatic carbocycles. The Morgan fingerprint density at radius 2 is 1.16 bits per heavy atom. The maximum atomic E-state index is 12.7. The molecule has 4 aliphatic rings. The van der Waals surface area contributed by atoms with Gasteiger partial charge in [0.15, 0.2) is 28.0 Å². The van der Waals surface area contributed by atoms with Gasteiger partial charge in [0.1, 0.15) is 34.9 Å². The van der Waals surface area contributed by atoms with Gasteiger partial charge in [-0.1, -0.05) is 69.6 Å². The van der Waals surface area contributed by atoms with Crippen molar-refractivity contribution in [2.24, 2.45) is 0 Å². The maximum absolute atomic E-state index is 12.7. The van der Waals surface area contributed by atoms with Crippen LogP contribution in [0.15, 0.2) is 36.4 Å². The predicted octanol–water partition coefficient (Wildman–Crippen LogP) is 11.3. The number of alkyl halides is 1. The van der Waals surface area contributed by atoms with E-state index in [2.05, 4.69) is 93.4 Å². The third-order valence-electron chi connectivity index (χ3n) is 13.5. The van der Waals surface area contributed by atoms with Crippen molar-refractivity contribution in [3.8, 4) is 11.5 Å². The minimum Gasteiger partial charge on any atom is -0.485 e. The molecule has 1 N–H and O–H groups in total. The molecule has 0 aromatic heterocycles. The fraction of sp³-hybridized carbons (Fsp3) is 0.667. The summed E-state index contributed by atoms with van der Waals surface area (Å²) >= 11 is 3.37. The second kappa shape index (κ2) is 20.5. The highest BCUT2D eigenvalue weighted by atomic mass is 79.9. The summed E-state index contributed by atoms with van der Waals surface area (Å²) in [6.45, 7) is 47.8. The van der Waals surface area contributed by atoms with Crippen LogP contribution in [0.1, 0.15) is 118 Å². The SMILES string of the molecule is CC(C)(C)[Si](C)(C)OCCBr.[C-]#[N+]c1ccc2c(c1)[C@@H](N1CCCC1=O)[C@H](O)C(C)(C)O2.[C-]#[N+]c1ccc2c(c1)[C@@H](N1CCCC1=O)[C@H](OCCO[Si](C)(C)C(C)(C)C)C(C)(C)O2. The van der Waals surface area contributed by atoms with Crippen LogP contribution >= 0.6 is 15.9 Å². The molecule has 63 heavy (non-hydrogen) atoms. The molecule has 2 amide bonds. The van der Waals surface area contributed by atoms with E-state index in [1.54, 1.807) is 29.2 Å². The average molecular weight is 970 g/mol. The molecule has 0 spiro atoms. The highest BCUT2D eigenvalue weighted by Crippen LogP contribution is 2.48. The zero-order valence-electron chi connectivity index (χ0n) is 40.3.